The molecule has 1 unspecified atom stereocenters. The molecule has 0 saturated carbocycles. The van der Waals surface area contributed by atoms with E-state index in [0.29, 0.717) is 6.04 Å². The van der Waals surface area contributed by atoms with Crippen molar-refractivity contribution in [3.05, 3.63) is 36.2 Å². The molecule has 29 heavy (non-hydrogen) atoms. The third-order valence-corrected chi connectivity index (χ3v) is 6.63. The average Bonchev–Trinajstić information content (AvgIpc) is 3.24. The number of benzene rings is 1. The SMILES string of the molecule is O=C(C1CCCn2c(-c3ccccc3)nnc21)N1CCC(N2CCOCC2)CC1. The summed E-state index contributed by atoms with van der Waals surface area (Å²) >= 11 is 0. The molecule has 1 atom stereocenters. The first-order valence-corrected chi connectivity index (χ1v) is 10.9. The standard InChI is InChI=1S/C22H29N5O2/c28-22(26-11-8-18(9-12-26)25-13-15-29-16-14-25)19-7-4-10-27-20(23-24-21(19)27)17-5-2-1-3-6-17/h1-3,5-6,18-19H,4,7-16H2. The minimum Gasteiger partial charge on any atom is -0.379 e. The van der Waals surface area contributed by atoms with Crippen LogP contribution < -0.4 is 0 Å². The topological polar surface area (TPSA) is 63.5 Å². The summed E-state index contributed by atoms with van der Waals surface area (Å²) in [4.78, 5) is 18.0. The van der Waals surface area contributed by atoms with Gasteiger partial charge >= 0.3 is 0 Å². The second-order valence-electron chi connectivity index (χ2n) is 8.30. The molecular weight excluding hydrogens is 366 g/mol. The molecule has 2 saturated heterocycles. The van der Waals surface area contributed by atoms with Gasteiger partial charge < -0.3 is 14.2 Å². The van der Waals surface area contributed by atoms with E-state index in [9.17, 15) is 4.79 Å². The molecule has 0 bridgehead atoms. The summed E-state index contributed by atoms with van der Waals surface area (Å²) in [5, 5.41) is 8.90. The Balaban J connectivity index is 1.28. The molecule has 0 spiro atoms. The summed E-state index contributed by atoms with van der Waals surface area (Å²) in [5.41, 5.74) is 1.06. The highest BCUT2D eigenvalue weighted by Gasteiger charge is 2.36. The molecule has 2 fully saturated rings. The maximum atomic E-state index is 13.4. The number of likely N-dealkylation sites (tertiary alicyclic amines) is 1. The van der Waals surface area contributed by atoms with Gasteiger partial charge in [0.05, 0.1) is 19.1 Å². The molecule has 1 aromatic carbocycles. The molecule has 0 N–H and O–H groups in total. The highest BCUT2D eigenvalue weighted by Crippen LogP contribution is 2.32. The van der Waals surface area contributed by atoms with E-state index in [0.717, 1.165) is 88.8 Å². The van der Waals surface area contributed by atoms with Crippen LogP contribution in [0.5, 0.6) is 0 Å². The molecule has 4 heterocycles. The van der Waals surface area contributed by atoms with E-state index < -0.39 is 0 Å². The van der Waals surface area contributed by atoms with Gasteiger partial charge in [-0.3, -0.25) is 9.69 Å². The molecule has 1 amide bonds. The van der Waals surface area contributed by atoms with Crippen molar-refractivity contribution in [1.82, 2.24) is 24.6 Å². The zero-order chi connectivity index (χ0) is 19.6. The largest absolute Gasteiger partial charge is 0.379 e. The first kappa shape index (κ1) is 18.8. The number of hydrogen-bond donors (Lipinski definition) is 0. The maximum Gasteiger partial charge on any atom is 0.233 e. The van der Waals surface area contributed by atoms with Crippen molar-refractivity contribution in [2.24, 2.45) is 0 Å². The molecule has 0 radical (unpaired) electrons. The van der Waals surface area contributed by atoms with Crippen molar-refractivity contribution >= 4 is 5.91 Å². The highest BCUT2D eigenvalue weighted by atomic mass is 16.5. The number of amides is 1. The van der Waals surface area contributed by atoms with E-state index in [1.807, 2.05) is 18.2 Å². The van der Waals surface area contributed by atoms with Crippen LogP contribution >= 0.6 is 0 Å². The maximum absolute atomic E-state index is 13.4. The lowest BCUT2D eigenvalue weighted by Gasteiger charge is -2.41. The Hall–Kier alpha value is -2.25. The van der Waals surface area contributed by atoms with E-state index in [4.69, 9.17) is 4.74 Å². The van der Waals surface area contributed by atoms with E-state index in [1.54, 1.807) is 0 Å². The van der Waals surface area contributed by atoms with Gasteiger partial charge in [0.2, 0.25) is 5.91 Å². The van der Waals surface area contributed by atoms with Gasteiger partial charge in [-0.15, -0.1) is 10.2 Å². The smallest absolute Gasteiger partial charge is 0.233 e. The second kappa shape index (κ2) is 8.24. The molecular formula is C22H29N5O2. The number of nitrogens with zero attached hydrogens (tertiary/aromatic N) is 5. The van der Waals surface area contributed by atoms with Crippen molar-refractivity contribution in [3.63, 3.8) is 0 Å². The Morgan fingerprint density at radius 2 is 1.69 bits per heavy atom. The highest BCUT2D eigenvalue weighted by molar-refractivity contribution is 5.83. The predicted octanol–water partition coefficient (Wildman–Crippen LogP) is 2.15. The lowest BCUT2D eigenvalue weighted by Crippen LogP contribution is -2.51. The molecule has 7 heteroatoms. The van der Waals surface area contributed by atoms with Gasteiger partial charge in [-0.05, 0) is 25.7 Å². The Kier molecular flexibility index (Phi) is 5.33. The van der Waals surface area contributed by atoms with Gasteiger partial charge in [-0.2, -0.15) is 0 Å². The van der Waals surface area contributed by atoms with Gasteiger partial charge in [-0.1, -0.05) is 30.3 Å². The summed E-state index contributed by atoms with van der Waals surface area (Å²) in [5.74, 6) is 1.80. The molecule has 1 aromatic heterocycles. The molecule has 5 rings (SSSR count). The van der Waals surface area contributed by atoms with Crippen LogP contribution in [0.1, 0.15) is 37.4 Å². The van der Waals surface area contributed by atoms with Gasteiger partial charge in [-0.25, -0.2) is 0 Å². The van der Waals surface area contributed by atoms with E-state index in [1.165, 1.54) is 0 Å². The van der Waals surface area contributed by atoms with Gasteiger partial charge in [0.1, 0.15) is 5.82 Å². The van der Waals surface area contributed by atoms with Gasteiger partial charge in [0.15, 0.2) is 5.82 Å². The Labute approximate surface area is 171 Å². The summed E-state index contributed by atoms with van der Waals surface area (Å²) in [7, 11) is 0. The summed E-state index contributed by atoms with van der Waals surface area (Å²) in [6.07, 6.45) is 3.97. The lowest BCUT2D eigenvalue weighted by atomic mass is 9.94. The third-order valence-electron chi connectivity index (χ3n) is 6.63. The fourth-order valence-electron chi connectivity index (χ4n) is 5.03. The minimum atomic E-state index is -0.159. The van der Waals surface area contributed by atoms with Crippen molar-refractivity contribution in [2.45, 2.75) is 44.2 Å². The summed E-state index contributed by atoms with van der Waals surface area (Å²) in [6, 6.07) is 10.7. The number of rotatable bonds is 3. The normalized spacial score (nSPS) is 23.7. The monoisotopic (exact) mass is 395 g/mol. The van der Waals surface area contributed by atoms with Crippen LogP contribution in [0, 0.1) is 0 Å². The minimum absolute atomic E-state index is 0.159. The number of aromatic nitrogens is 3. The predicted molar refractivity (Wildman–Crippen MR) is 109 cm³/mol. The summed E-state index contributed by atoms with van der Waals surface area (Å²) in [6.45, 7) is 6.28. The van der Waals surface area contributed by atoms with Gasteiger partial charge in [0.25, 0.3) is 0 Å². The summed E-state index contributed by atoms with van der Waals surface area (Å²) < 4.78 is 7.63. The van der Waals surface area contributed by atoms with Gasteiger partial charge in [0, 0.05) is 44.3 Å². The number of carbonyl (C=O) groups excluding carboxylic acids is 1. The first-order valence-electron chi connectivity index (χ1n) is 10.9. The molecule has 3 aliphatic heterocycles. The third kappa shape index (κ3) is 3.69. The van der Waals surface area contributed by atoms with Crippen molar-refractivity contribution in [1.29, 1.82) is 0 Å². The van der Waals surface area contributed by atoms with Crippen molar-refractivity contribution < 1.29 is 9.53 Å². The number of carbonyl (C=O) groups is 1. The zero-order valence-corrected chi connectivity index (χ0v) is 16.9. The Bertz CT molecular complexity index is 838. The second-order valence-corrected chi connectivity index (χ2v) is 8.30. The molecule has 3 aliphatic rings. The van der Waals surface area contributed by atoms with Crippen LogP contribution in [0.2, 0.25) is 0 Å². The van der Waals surface area contributed by atoms with Crippen LogP contribution in [0.3, 0.4) is 0 Å². The number of piperidine rings is 1. The van der Waals surface area contributed by atoms with E-state index >= 15 is 0 Å². The zero-order valence-electron chi connectivity index (χ0n) is 16.9. The fourth-order valence-corrected chi connectivity index (χ4v) is 5.03. The molecule has 2 aromatic rings. The average molecular weight is 396 g/mol. The number of morpholine rings is 1. The fraction of sp³-hybridized carbons (Fsp3) is 0.591. The molecule has 7 nitrogen and oxygen atoms in total. The number of fused-ring (bicyclic) bond motifs is 1. The van der Waals surface area contributed by atoms with E-state index in [2.05, 4.69) is 36.7 Å². The number of hydrogen-bond acceptors (Lipinski definition) is 5. The van der Waals surface area contributed by atoms with Crippen molar-refractivity contribution in [3.8, 4) is 11.4 Å². The Morgan fingerprint density at radius 3 is 2.45 bits per heavy atom. The number of ether oxygens (including phenoxy) is 1. The van der Waals surface area contributed by atoms with E-state index in [-0.39, 0.29) is 11.8 Å². The van der Waals surface area contributed by atoms with Crippen LogP contribution in [0.15, 0.2) is 30.3 Å². The quantitative estimate of drug-likeness (QED) is 0.797. The Morgan fingerprint density at radius 1 is 0.931 bits per heavy atom. The van der Waals surface area contributed by atoms with Crippen LogP contribution in [-0.4, -0.2) is 75.9 Å². The molecule has 154 valence electrons. The van der Waals surface area contributed by atoms with Crippen LogP contribution in [-0.2, 0) is 16.1 Å². The van der Waals surface area contributed by atoms with Crippen molar-refractivity contribution in [2.75, 3.05) is 39.4 Å². The van der Waals surface area contributed by atoms with Crippen LogP contribution in [0.25, 0.3) is 11.4 Å². The first-order chi connectivity index (χ1) is 14.3. The molecule has 0 aliphatic carbocycles. The van der Waals surface area contributed by atoms with Crippen LogP contribution in [0.4, 0.5) is 0 Å². The lowest BCUT2D eigenvalue weighted by molar-refractivity contribution is -0.135.